The maximum Gasteiger partial charge on any atom is 0.354 e. The first-order valence-corrected chi connectivity index (χ1v) is 6.14. The maximum atomic E-state index is 11.9. The van der Waals surface area contributed by atoms with Crippen molar-refractivity contribution >= 4 is 11.9 Å². The zero-order valence-electron chi connectivity index (χ0n) is 11.0. The summed E-state index contributed by atoms with van der Waals surface area (Å²) < 4.78 is 1.38. The summed E-state index contributed by atoms with van der Waals surface area (Å²) in [5.41, 5.74) is 0.999. The van der Waals surface area contributed by atoms with E-state index in [-0.39, 0.29) is 18.1 Å². The molecule has 0 saturated carbocycles. The quantitative estimate of drug-likeness (QED) is 0.857. The largest absolute Gasteiger partial charge is 0.477 e. The van der Waals surface area contributed by atoms with Gasteiger partial charge in [0.05, 0.1) is 6.20 Å². The van der Waals surface area contributed by atoms with Crippen LogP contribution in [0.5, 0.6) is 0 Å². The molecule has 6 nitrogen and oxygen atoms in total. The number of amides is 1. The minimum absolute atomic E-state index is 0.0114. The van der Waals surface area contributed by atoms with Crippen LogP contribution in [-0.4, -0.2) is 26.5 Å². The number of carbonyl (C=O) groups excluding carboxylic acids is 1. The number of carboxylic acids is 1. The molecule has 2 aromatic rings. The van der Waals surface area contributed by atoms with Crippen molar-refractivity contribution < 1.29 is 14.7 Å². The van der Waals surface area contributed by atoms with E-state index >= 15 is 0 Å². The van der Waals surface area contributed by atoms with E-state index in [9.17, 15) is 9.59 Å². The van der Waals surface area contributed by atoms with Crippen molar-refractivity contribution in [1.82, 2.24) is 14.9 Å². The number of carboxylic acid groups (broad SMARTS) is 1. The van der Waals surface area contributed by atoms with Crippen LogP contribution >= 0.6 is 0 Å². The third-order valence-corrected chi connectivity index (χ3v) is 2.91. The molecule has 0 bridgehead atoms. The van der Waals surface area contributed by atoms with Crippen LogP contribution < -0.4 is 5.32 Å². The Kier molecular flexibility index (Phi) is 4.14. The van der Waals surface area contributed by atoms with Gasteiger partial charge in [-0.1, -0.05) is 30.3 Å². The van der Waals surface area contributed by atoms with Crippen LogP contribution in [0, 0.1) is 6.92 Å². The molecule has 20 heavy (non-hydrogen) atoms. The van der Waals surface area contributed by atoms with Crippen LogP contribution in [0.15, 0.2) is 36.5 Å². The van der Waals surface area contributed by atoms with Gasteiger partial charge in [-0.15, -0.1) is 0 Å². The summed E-state index contributed by atoms with van der Waals surface area (Å²) in [4.78, 5) is 26.8. The number of hydrogen-bond acceptors (Lipinski definition) is 3. The number of nitrogens with zero attached hydrogens (tertiary/aromatic N) is 2. The molecular weight excluding hydrogens is 258 g/mol. The lowest BCUT2D eigenvalue weighted by Crippen LogP contribution is -2.28. The highest BCUT2D eigenvalue weighted by atomic mass is 16.4. The minimum Gasteiger partial charge on any atom is -0.477 e. The van der Waals surface area contributed by atoms with E-state index in [2.05, 4.69) is 10.3 Å². The van der Waals surface area contributed by atoms with Gasteiger partial charge >= 0.3 is 5.97 Å². The fourth-order valence-corrected chi connectivity index (χ4v) is 1.83. The number of benzene rings is 1. The number of carbonyl (C=O) groups is 2. The molecule has 0 spiro atoms. The molecule has 0 fully saturated rings. The van der Waals surface area contributed by atoms with Crippen molar-refractivity contribution in [3.05, 3.63) is 53.6 Å². The third-order valence-electron chi connectivity index (χ3n) is 2.91. The van der Waals surface area contributed by atoms with E-state index in [0.29, 0.717) is 12.4 Å². The van der Waals surface area contributed by atoms with E-state index in [1.165, 1.54) is 10.8 Å². The Bertz CT molecular complexity index is 620. The van der Waals surface area contributed by atoms with E-state index in [1.807, 2.05) is 30.3 Å². The first-order valence-electron chi connectivity index (χ1n) is 6.14. The van der Waals surface area contributed by atoms with Gasteiger partial charge in [-0.25, -0.2) is 9.78 Å². The highest BCUT2D eigenvalue weighted by Gasteiger charge is 2.15. The highest BCUT2D eigenvalue weighted by Crippen LogP contribution is 2.05. The zero-order chi connectivity index (χ0) is 14.5. The zero-order valence-corrected chi connectivity index (χ0v) is 11.0. The molecule has 104 valence electrons. The molecule has 1 aromatic carbocycles. The van der Waals surface area contributed by atoms with Crippen LogP contribution in [0.4, 0.5) is 0 Å². The fraction of sp³-hybridized carbons (Fsp3) is 0.214. The maximum absolute atomic E-state index is 11.9. The minimum atomic E-state index is -1.10. The predicted molar refractivity (Wildman–Crippen MR) is 72.2 cm³/mol. The van der Waals surface area contributed by atoms with Crippen molar-refractivity contribution in [2.45, 2.75) is 20.0 Å². The molecule has 0 unspecified atom stereocenters. The van der Waals surface area contributed by atoms with Gasteiger partial charge in [-0.2, -0.15) is 0 Å². The average Bonchev–Trinajstić information content (AvgIpc) is 2.79. The Morgan fingerprint density at radius 2 is 2.00 bits per heavy atom. The van der Waals surface area contributed by atoms with Crippen molar-refractivity contribution in [3.8, 4) is 0 Å². The van der Waals surface area contributed by atoms with Crippen molar-refractivity contribution in [3.63, 3.8) is 0 Å². The molecule has 1 amide bonds. The van der Waals surface area contributed by atoms with Gasteiger partial charge in [0, 0.05) is 6.54 Å². The lowest BCUT2D eigenvalue weighted by atomic mass is 10.2. The number of aromatic carboxylic acids is 1. The third kappa shape index (κ3) is 3.23. The Morgan fingerprint density at radius 1 is 1.30 bits per heavy atom. The van der Waals surface area contributed by atoms with Crippen molar-refractivity contribution in [2.75, 3.05) is 0 Å². The molecule has 1 aromatic heterocycles. The lowest BCUT2D eigenvalue weighted by molar-refractivity contribution is -0.121. The van der Waals surface area contributed by atoms with Crippen LogP contribution in [0.2, 0.25) is 0 Å². The molecule has 2 N–H and O–H groups in total. The number of rotatable bonds is 5. The van der Waals surface area contributed by atoms with Gasteiger partial charge in [0.15, 0.2) is 0 Å². The van der Waals surface area contributed by atoms with Gasteiger partial charge in [-0.3, -0.25) is 4.79 Å². The summed E-state index contributed by atoms with van der Waals surface area (Å²) in [5.74, 6) is -0.851. The van der Waals surface area contributed by atoms with Crippen molar-refractivity contribution in [1.29, 1.82) is 0 Å². The Balaban J connectivity index is 1.98. The van der Waals surface area contributed by atoms with Crippen molar-refractivity contribution in [2.24, 2.45) is 0 Å². The molecule has 2 rings (SSSR count). The Hall–Kier alpha value is -2.63. The van der Waals surface area contributed by atoms with Gasteiger partial charge in [0.1, 0.15) is 18.1 Å². The summed E-state index contributed by atoms with van der Waals surface area (Å²) in [5, 5.41) is 11.8. The molecule has 0 aliphatic carbocycles. The standard InChI is InChI=1S/C14H15N3O3/c1-10-15-8-12(14(19)20)17(10)9-13(18)16-7-11-5-3-2-4-6-11/h2-6,8H,7,9H2,1H3,(H,16,18)(H,19,20). The first-order chi connectivity index (χ1) is 9.58. The van der Waals surface area contributed by atoms with E-state index in [0.717, 1.165) is 5.56 Å². The number of nitrogens with one attached hydrogen (secondary N) is 1. The highest BCUT2D eigenvalue weighted by molar-refractivity contribution is 5.86. The monoisotopic (exact) mass is 273 g/mol. The van der Waals surface area contributed by atoms with Crippen LogP contribution in [0.3, 0.4) is 0 Å². The normalized spacial score (nSPS) is 10.2. The van der Waals surface area contributed by atoms with Gasteiger partial charge in [0.2, 0.25) is 5.91 Å². The fourth-order valence-electron chi connectivity index (χ4n) is 1.83. The molecule has 0 aliphatic heterocycles. The van der Waals surface area contributed by atoms with E-state index < -0.39 is 5.97 Å². The molecule has 0 radical (unpaired) electrons. The number of hydrogen-bond donors (Lipinski definition) is 2. The topological polar surface area (TPSA) is 84.2 Å². The van der Waals surface area contributed by atoms with Gasteiger partial charge < -0.3 is 15.0 Å². The molecule has 0 atom stereocenters. The summed E-state index contributed by atoms with van der Waals surface area (Å²) in [7, 11) is 0. The molecule has 0 aliphatic rings. The number of aryl methyl sites for hydroxylation is 1. The van der Waals surface area contributed by atoms with E-state index in [4.69, 9.17) is 5.11 Å². The molecule has 6 heteroatoms. The SMILES string of the molecule is Cc1ncc(C(=O)O)n1CC(=O)NCc1ccccc1. The molecule has 0 saturated heterocycles. The predicted octanol–water partition coefficient (Wildman–Crippen LogP) is 1.21. The summed E-state index contributed by atoms with van der Waals surface area (Å²) >= 11 is 0. The van der Waals surface area contributed by atoms with Crippen LogP contribution in [0.1, 0.15) is 21.9 Å². The molecular formula is C14H15N3O3. The van der Waals surface area contributed by atoms with Gasteiger partial charge in [0.25, 0.3) is 0 Å². The summed E-state index contributed by atoms with van der Waals surface area (Å²) in [6.07, 6.45) is 1.25. The molecule has 1 heterocycles. The first kappa shape index (κ1) is 13.8. The average molecular weight is 273 g/mol. The summed E-state index contributed by atoms with van der Waals surface area (Å²) in [6, 6.07) is 9.50. The second-order valence-electron chi connectivity index (χ2n) is 4.34. The second kappa shape index (κ2) is 6.01. The Morgan fingerprint density at radius 3 is 2.65 bits per heavy atom. The van der Waals surface area contributed by atoms with Gasteiger partial charge in [-0.05, 0) is 12.5 Å². The number of imidazole rings is 1. The Labute approximate surface area is 116 Å². The van der Waals surface area contributed by atoms with Crippen LogP contribution in [-0.2, 0) is 17.9 Å². The second-order valence-corrected chi connectivity index (χ2v) is 4.34. The summed E-state index contributed by atoms with van der Waals surface area (Å²) in [6.45, 7) is 2.02. The lowest BCUT2D eigenvalue weighted by Gasteiger charge is -2.09. The number of aromatic nitrogens is 2. The van der Waals surface area contributed by atoms with Crippen LogP contribution in [0.25, 0.3) is 0 Å². The van der Waals surface area contributed by atoms with E-state index in [1.54, 1.807) is 6.92 Å². The smallest absolute Gasteiger partial charge is 0.354 e.